The van der Waals surface area contributed by atoms with Gasteiger partial charge in [0.15, 0.2) is 0 Å². The summed E-state index contributed by atoms with van der Waals surface area (Å²) in [6.45, 7) is 4.15. The zero-order valence-electron chi connectivity index (χ0n) is 11.8. The maximum Gasteiger partial charge on any atom is 0.237 e. The molecule has 1 heterocycles. The van der Waals surface area contributed by atoms with Crippen LogP contribution >= 0.6 is 0 Å². The fourth-order valence-electron chi connectivity index (χ4n) is 2.45. The molecule has 2 atom stereocenters. The number of hydrogen-bond acceptors (Lipinski definition) is 4. The van der Waals surface area contributed by atoms with Crippen molar-refractivity contribution in [2.45, 2.75) is 25.7 Å². The summed E-state index contributed by atoms with van der Waals surface area (Å²) in [7, 11) is 0. The van der Waals surface area contributed by atoms with Crippen LogP contribution in [0.2, 0.25) is 0 Å². The first-order valence-electron chi connectivity index (χ1n) is 7.00. The van der Waals surface area contributed by atoms with Gasteiger partial charge in [0.2, 0.25) is 5.91 Å². The van der Waals surface area contributed by atoms with E-state index < -0.39 is 12.2 Å². The lowest BCUT2D eigenvalue weighted by Crippen LogP contribution is -2.39. The van der Waals surface area contributed by atoms with Crippen molar-refractivity contribution in [3.8, 4) is 0 Å². The van der Waals surface area contributed by atoms with E-state index in [2.05, 4.69) is 0 Å². The van der Waals surface area contributed by atoms with Gasteiger partial charge in [-0.25, -0.2) is 0 Å². The predicted molar refractivity (Wildman–Crippen MR) is 76.0 cm³/mol. The Labute approximate surface area is 119 Å². The summed E-state index contributed by atoms with van der Waals surface area (Å²) in [5.41, 5.74) is 1.10. The summed E-state index contributed by atoms with van der Waals surface area (Å²) in [5.74, 6) is 0.0256. The zero-order valence-corrected chi connectivity index (χ0v) is 11.8. The van der Waals surface area contributed by atoms with Gasteiger partial charge in [0.1, 0.15) is 0 Å². The van der Waals surface area contributed by atoms with Gasteiger partial charge in [-0.2, -0.15) is 0 Å². The van der Waals surface area contributed by atoms with Crippen molar-refractivity contribution in [2.75, 3.05) is 26.2 Å². The molecule has 1 aromatic rings. The predicted octanol–water partition coefficient (Wildman–Crippen LogP) is 0.0725. The van der Waals surface area contributed by atoms with Gasteiger partial charge in [-0.3, -0.25) is 9.69 Å². The summed E-state index contributed by atoms with van der Waals surface area (Å²) in [4.78, 5) is 15.9. The first-order valence-corrected chi connectivity index (χ1v) is 7.00. The van der Waals surface area contributed by atoms with Gasteiger partial charge in [0, 0.05) is 26.2 Å². The second-order valence-corrected chi connectivity index (χ2v) is 5.22. The number of β-amino-alcohol motifs (C(OH)–C–C–N with tert-alkyl or cyclic N) is 2. The number of carbonyl (C=O) groups is 1. The van der Waals surface area contributed by atoms with Crippen molar-refractivity contribution in [1.29, 1.82) is 0 Å². The fraction of sp³-hybridized carbons (Fsp3) is 0.533. The van der Waals surface area contributed by atoms with E-state index in [9.17, 15) is 15.0 Å². The van der Waals surface area contributed by atoms with Crippen molar-refractivity contribution in [2.24, 2.45) is 0 Å². The maximum absolute atomic E-state index is 12.3. The SMILES string of the molecule is CCN(Cc1ccccc1)C(=O)CN1CC(O)C(O)C1. The van der Waals surface area contributed by atoms with Crippen LogP contribution in [-0.4, -0.2) is 64.3 Å². The number of nitrogens with zero attached hydrogens (tertiary/aromatic N) is 2. The first-order chi connectivity index (χ1) is 9.60. The molecular formula is C15H22N2O3. The molecule has 2 N–H and O–H groups in total. The van der Waals surface area contributed by atoms with Crippen LogP contribution in [0.4, 0.5) is 0 Å². The Bertz CT molecular complexity index is 428. The number of benzene rings is 1. The number of hydrogen-bond donors (Lipinski definition) is 2. The average Bonchev–Trinajstić information content (AvgIpc) is 2.75. The molecule has 0 radical (unpaired) electrons. The second kappa shape index (κ2) is 6.83. The summed E-state index contributed by atoms with van der Waals surface area (Å²) in [6, 6.07) is 9.87. The lowest BCUT2D eigenvalue weighted by molar-refractivity contribution is -0.132. The molecule has 1 amide bonds. The van der Waals surface area contributed by atoms with Crippen LogP contribution < -0.4 is 0 Å². The topological polar surface area (TPSA) is 64.0 Å². The molecule has 1 saturated heterocycles. The van der Waals surface area contributed by atoms with Crippen LogP contribution in [0.5, 0.6) is 0 Å². The van der Waals surface area contributed by atoms with E-state index in [1.165, 1.54) is 0 Å². The number of amides is 1. The fourth-order valence-corrected chi connectivity index (χ4v) is 2.45. The standard InChI is InChI=1S/C15H22N2O3/c1-2-17(8-12-6-4-3-5-7-12)15(20)11-16-9-13(18)14(19)10-16/h3-7,13-14,18-19H,2,8-11H2,1H3. The van der Waals surface area contributed by atoms with Gasteiger partial charge < -0.3 is 15.1 Å². The molecule has 20 heavy (non-hydrogen) atoms. The monoisotopic (exact) mass is 278 g/mol. The highest BCUT2D eigenvalue weighted by Crippen LogP contribution is 2.11. The molecule has 0 aliphatic carbocycles. The Morgan fingerprint density at radius 1 is 1.25 bits per heavy atom. The summed E-state index contributed by atoms with van der Waals surface area (Å²) >= 11 is 0. The molecule has 1 aliphatic heterocycles. The molecule has 5 heteroatoms. The van der Waals surface area contributed by atoms with Crippen LogP contribution in [0.15, 0.2) is 30.3 Å². The van der Waals surface area contributed by atoms with Crippen molar-refractivity contribution in [1.82, 2.24) is 9.80 Å². The van der Waals surface area contributed by atoms with Crippen LogP contribution in [0.3, 0.4) is 0 Å². The van der Waals surface area contributed by atoms with E-state index in [-0.39, 0.29) is 12.5 Å². The van der Waals surface area contributed by atoms with Crippen molar-refractivity contribution in [3.05, 3.63) is 35.9 Å². The quantitative estimate of drug-likeness (QED) is 0.800. The third-order valence-corrected chi connectivity index (χ3v) is 3.64. The summed E-state index contributed by atoms with van der Waals surface area (Å²) in [5, 5.41) is 19.0. The van der Waals surface area contributed by atoms with E-state index in [0.717, 1.165) is 5.56 Å². The number of aliphatic hydroxyl groups is 2. The number of carbonyl (C=O) groups excluding carboxylic acids is 1. The van der Waals surface area contributed by atoms with Gasteiger partial charge >= 0.3 is 0 Å². The summed E-state index contributed by atoms with van der Waals surface area (Å²) < 4.78 is 0. The molecule has 0 saturated carbocycles. The van der Waals surface area contributed by atoms with E-state index in [1.807, 2.05) is 37.3 Å². The highest BCUT2D eigenvalue weighted by Gasteiger charge is 2.31. The van der Waals surface area contributed by atoms with Gasteiger partial charge in [0.05, 0.1) is 18.8 Å². The Morgan fingerprint density at radius 3 is 2.40 bits per heavy atom. The van der Waals surface area contributed by atoms with E-state index in [1.54, 1.807) is 9.80 Å². The lowest BCUT2D eigenvalue weighted by atomic mass is 10.2. The molecule has 2 unspecified atom stereocenters. The van der Waals surface area contributed by atoms with Crippen LogP contribution in [-0.2, 0) is 11.3 Å². The van der Waals surface area contributed by atoms with E-state index in [0.29, 0.717) is 26.2 Å². The third kappa shape index (κ3) is 3.79. The molecule has 2 rings (SSSR count). The number of likely N-dealkylation sites (tertiary alicyclic amines) is 1. The minimum Gasteiger partial charge on any atom is -0.389 e. The smallest absolute Gasteiger partial charge is 0.237 e. The number of likely N-dealkylation sites (N-methyl/N-ethyl adjacent to an activating group) is 1. The van der Waals surface area contributed by atoms with Crippen LogP contribution in [0.1, 0.15) is 12.5 Å². The Hall–Kier alpha value is -1.43. The Morgan fingerprint density at radius 2 is 1.85 bits per heavy atom. The lowest BCUT2D eigenvalue weighted by Gasteiger charge is -2.24. The van der Waals surface area contributed by atoms with Crippen LogP contribution in [0.25, 0.3) is 0 Å². The normalized spacial score (nSPS) is 22.9. The molecule has 1 aliphatic rings. The largest absolute Gasteiger partial charge is 0.389 e. The minimum atomic E-state index is -0.744. The maximum atomic E-state index is 12.3. The first kappa shape index (κ1) is 15.0. The Kier molecular flexibility index (Phi) is 5.11. The van der Waals surface area contributed by atoms with Crippen LogP contribution in [0, 0.1) is 0 Å². The molecule has 5 nitrogen and oxygen atoms in total. The molecule has 1 fully saturated rings. The number of rotatable bonds is 5. The second-order valence-electron chi connectivity index (χ2n) is 5.22. The molecule has 110 valence electrons. The highest BCUT2D eigenvalue weighted by atomic mass is 16.3. The minimum absolute atomic E-state index is 0.0256. The van der Waals surface area contributed by atoms with Crippen molar-refractivity contribution >= 4 is 5.91 Å². The third-order valence-electron chi connectivity index (χ3n) is 3.64. The summed E-state index contributed by atoms with van der Waals surface area (Å²) in [6.07, 6.45) is -1.49. The average molecular weight is 278 g/mol. The van der Waals surface area contributed by atoms with Gasteiger partial charge in [-0.15, -0.1) is 0 Å². The number of aliphatic hydroxyl groups excluding tert-OH is 2. The van der Waals surface area contributed by atoms with Crippen molar-refractivity contribution in [3.63, 3.8) is 0 Å². The van der Waals surface area contributed by atoms with Gasteiger partial charge in [-0.1, -0.05) is 30.3 Å². The molecule has 0 aromatic heterocycles. The zero-order chi connectivity index (χ0) is 14.5. The van der Waals surface area contributed by atoms with E-state index >= 15 is 0 Å². The molecular weight excluding hydrogens is 256 g/mol. The van der Waals surface area contributed by atoms with E-state index in [4.69, 9.17) is 0 Å². The molecule has 1 aromatic carbocycles. The van der Waals surface area contributed by atoms with Gasteiger partial charge in [0.25, 0.3) is 0 Å². The Balaban J connectivity index is 1.89. The van der Waals surface area contributed by atoms with Crippen molar-refractivity contribution < 1.29 is 15.0 Å². The molecule has 0 bridgehead atoms. The van der Waals surface area contributed by atoms with Gasteiger partial charge in [-0.05, 0) is 12.5 Å². The molecule has 0 spiro atoms. The highest BCUT2D eigenvalue weighted by molar-refractivity contribution is 5.78.